The minimum absolute atomic E-state index is 0.0207. The molecule has 2 heterocycles. The molecule has 0 fully saturated rings. The molecule has 3 aromatic rings. The molecule has 2 aromatic carbocycles. The lowest BCUT2D eigenvalue weighted by Gasteiger charge is -2.27. The molecule has 4 rings (SSSR count). The van der Waals surface area contributed by atoms with Gasteiger partial charge in [-0.2, -0.15) is 0 Å². The summed E-state index contributed by atoms with van der Waals surface area (Å²) < 4.78 is 17.4. The number of carbonyl (C=O) groups is 2. The summed E-state index contributed by atoms with van der Waals surface area (Å²) in [6.07, 6.45) is 1.88. The van der Waals surface area contributed by atoms with Gasteiger partial charge < -0.3 is 28.9 Å². The summed E-state index contributed by atoms with van der Waals surface area (Å²) in [4.78, 5) is 36.1. The van der Waals surface area contributed by atoms with E-state index in [9.17, 15) is 9.59 Å². The predicted octanol–water partition coefficient (Wildman–Crippen LogP) is 3.70. The van der Waals surface area contributed by atoms with Crippen LogP contribution < -0.4 is 19.1 Å². The second-order valence-electron chi connectivity index (χ2n) is 8.70. The monoisotopic (exact) mass is 504 g/mol. The Morgan fingerprint density at radius 1 is 1.03 bits per heavy atom. The zero-order valence-corrected chi connectivity index (χ0v) is 21.4. The van der Waals surface area contributed by atoms with Crippen molar-refractivity contribution in [2.45, 2.75) is 6.42 Å². The van der Waals surface area contributed by atoms with Gasteiger partial charge in [-0.25, -0.2) is 4.98 Å². The lowest BCUT2D eigenvalue weighted by atomic mass is 10.2. The number of pyridine rings is 1. The van der Waals surface area contributed by atoms with Crippen LogP contribution in [0.3, 0.4) is 0 Å². The van der Waals surface area contributed by atoms with Crippen LogP contribution in [-0.2, 0) is 4.79 Å². The Morgan fingerprint density at radius 3 is 2.59 bits per heavy atom. The van der Waals surface area contributed by atoms with Gasteiger partial charge in [-0.3, -0.25) is 9.59 Å². The molecule has 0 saturated carbocycles. The normalized spacial score (nSPS) is 14.1. The van der Waals surface area contributed by atoms with Crippen LogP contribution in [0.2, 0.25) is 0 Å². The number of likely N-dealkylation sites (N-methyl/N-ethyl adjacent to an activating group) is 1. The Morgan fingerprint density at radius 2 is 1.78 bits per heavy atom. The number of amides is 2. The Kier molecular flexibility index (Phi) is 8.45. The molecule has 0 radical (unpaired) electrons. The first-order valence-corrected chi connectivity index (χ1v) is 12.2. The van der Waals surface area contributed by atoms with Crippen LogP contribution in [0.5, 0.6) is 23.1 Å². The van der Waals surface area contributed by atoms with E-state index in [1.165, 1.54) is 0 Å². The number of ether oxygens (including phenoxy) is 3. The van der Waals surface area contributed by atoms with E-state index in [0.717, 1.165) is 11.4 Å². The highest BCUT2D eigenvalue weighted by Gasteiger charge is 2.22. The molecule has 0 unspecified atom stereocenters. The van der Waals surface area contributed by atoms with Crippen molar-refractivity contribution >= 4 is 17.5 Å². The van der Waals surface area contributed by atoms with Crippen LogP contribution in [0.15, 0.2) is 66.9 Å². The topological polar surface area (TPSA) is 84.4 Å². The molecule has 1 aliphatic rings. The molecule has 0 N–H and O–H groups in total. The summed E-state index contributed by atoms with van der Waals surface area (Å²) in [5.74, 6) is 1.68. The number of aromatic nitrogens is 1. The number of nitrogens with zero attached hydrogens (tertiary/aromatic N) is 4. The van der Waals surface area contributed by atoms with E-state index in [1.54, 1.807) is 54.4 Å². The van der Waals surface area contributed by atoms with Gasteiger partial charge in [0.1, 0.15) is 17.9 Å². The average Bonchev–Trinajstić information content (AvgIpc) is 2.94. The molecule has 0 atom stereocenters. The van der Waals surface area contributed by atoms with Gasteiger partial charge in [0.2, 0.25) is 11.8 Å². The summed E-state index contributed by atoms with van der Waals surface area (Å²) in [7, 11) is 5.27. The van der Waals surface area contributed by atoms with Crippen LogP contribution in [-0.4, -0.2) is 80.6 Å². The third-order valence-corrected chi connectivity index (χ3v) is 6.24. The molecule has 1 aromatic heterocycles. The van der Waals surface area contributed by atoms with E-state index in [0.29, 0.717) is 49.7 Å². The summed E-state index contributed by atoms with van der Waals surface area (Å²) in [5.41, 5.74) is 1.26. The standard InChI is InChI=1S/C28H32N4O5/c1-30(22-10-4-5-11-23(22)35-3)16-14-26(33)32-18-17-31(2)28(34)21-9-8-15-29-27(21)37-25-13-7-6-12-24(25)36-20-19-32/h4-13,15H,14,16-20H2,1-3H3. The van der Waals surface area contributed by atoms with Crippen molar-refractivity contribution in [3.63, 3.8) is 0 Å². The number of carbonyl (C=O) groups excluding carboxylic acids is 2. The third kappa shape index (κ3) is 6.30. The second-order valence-corrected chi connectivity index (χ2v) is 8.70. The number of para-hydroxylation sites is 4. The Hall–Kier alpha value is -4.27. The summed E-state index contributed by atoms with van der Waals surface area (Å²) in [5, 5.41) is 0. The maximum Gasteiger partial charge on any atom is 0.259 e. The van der Waals surface area contributed by atoms with Gasteiger partial charge in [-0.1, -0.05) is 24.3 Å². The van der Waals surface area contributed by atoms with Gasteiger partial charge in [0, 0.05) is 46.3 Å². The van der Waals surface area contributed by atoms with Crippen molar-refractivity contribution in [2.24, 2.45) is 0 Å². The van der Waals surface area contributed by atoms with Crippen LogP contribution in [0, 0.1) is 0 Å². The lowest BCUT2D eigenvalue weighted by Crippen LogP contribution is -2.42. The number of anilines is 1. The molecule has 2 amide bonds. The van der Waals surface area contributed by atoms with Gasteiger partial charge in [0.15, 0.2) is 11.5 Å². The number of hydrogen-bond acceptors (Lipinski definition) is 7. The molecule has 1 aliphatic heterocycles. The number of fused-ring (bicyclic) bond motifs is 2. The highest BCUT2D eigenvalue weighted by molar-refractivity contribution is 5.96. The summed E-state index contributed by atoms with van der Waals surface area (Å²) in [6.45, 7) is 1.90. The smallest absolute Gasteiger partial charge is 0.259 e. The first kappa shape index (κ1) is 25.8. The van der Waals surface area contributed by atoms with Crippen LogP contribution in [0.4, 0.5) is 5.69 Å². The van der Waals surface area contributed by atoms with Crippen molar-refractivity contribution in [2.75, 3.05) is 58.9 Å². The van der Waals surface area contributed by atoms with E-state index in [4.69, 9.17) is 14.2 Å². The Bertz CT molecular complexity index is 1230. The third-order valence-electron chi connectivity index (χ3n) is 6.24. The molecule has 0 aliphatic carbocycles. The summed E-state index contributed by atoms with van der Waals surface area (Å²) in [6, 6.07) is 18.3. The largest absolute Gasteiger partial charge is 0.495 e. The molecule has 0 bridgehead atoms. The second kappa shape index (κ2) is 12.1. The van der Waals surface area contributed by atoms with E-state index in [1.807, 2.05) is 48.3 Å². The molecular weight excluding hydrogens is 472 g/mol. The van der Waals surface area contributed by atoms with E-state index in [2.05, 4.69) is 4.98 Å². The van der Waals surface area contributed by atoms with Crippen LogP contribution in [0.1, 0.15) is 16.8 Å². The molecule has 9 nitrogen and oxygen atoms in total. The van der Waals surface area contributed by atoms with E-state index in [-0.39, 0.29) is 24.3 Å². The number of benzene rings is 2. The van der Waals surface area contributed by atoms with E-state index >= 15 is 0 Å². The average molecular weight is 505 g/mol. The molecule has 37 heavy (non-hydrogen) atoms. The van der Waals surface area contributed by atoms with Gasteiger partial charge in [-0.05, 0) is 36.4 Å². The summed E-state index contributed by atoms with van der Waals surface area (Å²) >= 11 is 0. The SMILES string of the molecule is COc1ccccc1N(C)CCC(=O)N1CCOc2ccccc2Oc2ncccc2C(=O)N(C)CC1. The number of rotatable bonds is 5. The molecule has 0 spiro atoms. The fraction of sp³-hybridized carbons (Fsp3) is 0.321. The first-order valence-electron chi connectivity index (χ1n) is 12.2. The van der Waals surface area contributed by atoms with Crippen molar-refractivity contribution in [1.82, 2.24) is 14.8 Å². The quantitative estimate of drug-likeness (QED) is 0.524. The van der Waals surface area contributed by atoms with Gasteiger partial charge in [-0.15, -0.1) is 0 Å². The zero-order valence-electron chi connectivity index (χ0n) is 21.4. The number of methoxy groups -OCH3 is 1. The minimum atomic E-state index is -0.232. The molecule has 0 saturated heterocycles. The highest BCUT2D eigenvalue weighted by Crippen LogP contribution is 2.32. The highest BCUT2D eigenvalue weighted by atomic mass is 16.5. The van der Waals surface area contributed by atoms with Crippen molar-refractivity contribution in [3.05, 3.63) is 72.4 Å². The lowest BCUT2D eigenvalue weighted by molar-refractivity contribution is -0.131. The zero-order chi connectivity index (χ0) is 26.2. The van der Waals surface area contributed by atoms with E-state index < -0.39 is 0 Å². The first-order chi connectivity index (χ1) is 18.0. The van der Waals surface area contributed by atoms with Gasteiger partial charge in [0.25, 0.3) is 5.91 Å². The van der Waals surface area contributed by atoms with Crippen molar-refractivity contribution < 1.29 is 23.8 Å². The number of hydrogen-bond donors (Lipinski definition) is 0. The Balaban J connectivity index is 1.50. The Labute approximate surface area is 217 Å². The van der Waals surface area contributed by atoms with Crippen LogP contribution in [0.25, 0.3) is 0 Å². The molecular formula is C28H32N4O5. The minimum Gasteiger partial charge on any atom is -0.495 e. The molecule has 194 valence electrons. The molecule has 9 heteroatoms. The maximum absolute atomic E-state index is 13.3. The van der Waals surface area contributed by atoms with Crippen molar-refractivity contribution in [3.8, 4) is 23.1 Å². The van der Waals surface area contributed by atoms with Crippen molar-refractivity contribution in [1.29, 1.82) is 0 Å². The maximum atomic E-state index is 13.3. The van der Waals surface area contributed by atoms with Gasteiger partial charge >= 0.3 is 0 Å². The fourth-order valence-corrected chi connectivity index (χ4v) is 4.08. The van der Waals surface area contributed by atoms with Crippen LogP contribution >= 0.6 is 0 Å². The fourth-order valence-electron chi connectivity index (χ4n) is 4.08. The predicted molar refractivity (Wildman–Crippen MR) is 141 cm³/mol. The van der Waals surface area contributed by atoms with Gasteiger partial charge in [0.05, 0.1) is 19.3 Å².